The minimum absolute atomic E-state index is 0.00771. The molecule has 6 N–H and O–H groups in total. The summed E-state index contributed by atoms with van der Waals surface area (Å²) in [4.78, 5) is 11.7. The zero-order valence-electron chi connectivity index (χ0n) is 19.1. The van der Waals surface area contributed by atoms with Gasteiger partial charge in [0.25, 0.3) is 0 Å². The van der Waals surface area contributed by atoms with Gasteiger partial charge >= 0.3 is 5.97 Å². The number of hydrogen-bond donors (Lipinski definition) is 5. The average molecular weight is 478 g/mol. The highest BCUT2D eigenvalue weighted by Gasteiger charge is 2.71. The highest BCUT2D eigenvalue weighted by atomic mass is 32.1. The van der Waals surface area contributed by atoms with Crippen molar-refractivity contribution in [3.8, 4) is 0 Å². The van der Waals surface area contributed by atoms with Crippen molar-refractivity contribution in [1.29, 1.82) is 0 Å². The first-order valence-corrected chi connectivity index (χ1v) is 12.6. The molecule has 0 aromatic carbocycles. The number of thiocarbonyl (C=S) groups is 1. The van der Waals surface area contributed by atoms with E-state index in [0.29, 0.717) is 45.1 Å². The van der Waals surface area contributed by atoms with E-state index in [2.05, 4.69) is 17.5 Å². The van der Waals surface area contributed by atoms with E-state index in [1.165, 1.54) is 0 Å². The number of rotatable bonds is 3. The van der Waals surface area contributed by atoms with Crippen LogP contribution in [-0.4, -0.2) is 56.5 Å². The van der Waals surface area contributed by atoms with E-state index in [1.54, 1.807) is 12.3 Å². The first-order chi connectivity index (χ1) is 15.5. The number of carbonyl (C=O) groups is 1. The van der Waals surface area contributed by atoms with Gasteiger partial charge in [0.2, 0.25) is 0 Å². The van der Waals surface area contributed by atoms with Crippen molar-refractivity contribution < 1.29 is 24.9 Å². The van der Waals surface area contributed by atoms with E-state index in [1.807, 2.05) is 0 Å². The Morgan fingerprint density at radius 3 is 2.67 bits per heavy atom. The van der Waals surface area contributed by atoms with Crippen molar-refractivity contribution in [2.45, 2.75) is 82.0 Å². The molecular formula is C24H35N3O5S. The maximum absolute atomic E-state index is 12.3. The molecule has 0 unspecified atom stereocenters. The lowest BCUT2D eigenvalue weighted by atomic mass is 9.41. The predicted molar refractivity (Wildman–Crippen MR) is 126 cm³/mol. The zero-order chi connectivity index (χ0) is 23.6. The third-order valence-electron chi connectivity index (χ3n) is 10.1. The van der Waals surface area contributed by atoms with Crippen LogP contribution in [0.5, 0.6) is 0 Å². The molecule has 4 fully saturated rings. The topological polar surface area (TPSA) is 137 Å². The number of nitrogens with zero attached hydrogens (tertiary/aromatic N) is 1. The Labute approximate surface area is 199 Å². The van der Waals surface area contributed by atoms with Gasteiger partial charge in [-0.1, -0.05) is 6.92 Å². The summed E-state index contributed by atoms with van der Waals surface area (Å²) in [6.45, 7) is 2.49. The largest absolute Gasteiger partial charge is 0.458 e. The number of ether oxygens (including phenoxy) is 1. The number of hydrazone groups is 1. The van der Waals surface area contributed by atoms with E-state index in [0.717, 1.165) is 24.8 Å². The van der Waals surface area contributed by atoms with Crippen LogP contribution in [0.3, 0.4) is 0 Å². The van der Waals surface area contributed by atoms with Crippen molar-refractivity contribution >= 4 is 29.5 Å². The minimum Gasteiger partial charge on any atom is -0.458 e. The van der Waals surface area contributed by atoms with Crippen molar-refractivity contribution in [3.63, 3.8) is 0 Å². The molecule has 4 aliphatic carbocycles. The number of nitrogens with one attached hydrogen (secondary N) is 1. The van der Waals surface area contributed by atoms with Crippen LogP contribution in [0.4, 0.5) is 0 Å². The molecule has 4 saturated carbocycles. The summed E-state index contributed by atoms with van der Waals surface area (Å²) in [5, 5.41) is 39.0. The van der Waals surface area contributed by atoms with Crippen molar-refractivity contribution in [1.82, 2.24) is 5.43 Å². The van der Waals surface area contributed by atoms with E-state index in [4.69, 9.17) is 22.7 Å². The molecule has 9 heteroatoms. The Balaban J connectivity index is 1.52. The van der Waals surface area contributed by atoms with Crippen LogP contribution < -0.4 is 11.2 Å². The summed E-state index contributed by atoms with van der Waals surface area (Å²) in [7, 11) is 0. The van der Waals surface area contributed by atoms with E-state index in [9.17, 15) is 20.1 Å². The van der Waals surface area contributed by atoms with Gasteiger partial charge in [-0.25, -0.2) is 4.79 Å². The second kappa shape index (κ2) is 7.73. The second-order valence-electron chi connectivity index (χ2n) is 11.3. The average Bonchev–Trinajstić information content (AvgIpc) is 3.28. The lowest BCUT2D eigenvalue weighted by Crippen LogP contribution is -2.68. The van der Waals surface area contributed by atoms with Crippen molar-refractivity contribution in [2.24, 2.45) is 39.4 Å². The third-order valence-corrected chi connectivity index (χ3v) is 10.2. The van der Waals surface area contributed by atoms with Crippen molar-refractivity contribution in [3.05, 3.63) is 11.6 Å². The predicted octanol–water partition coefficient (Wildman–Crippen LogP) is 1.52. The van der Waals surface area contributed by atoms with Crippen LogP contribution in [0.15, 0.2) is 16.8 Å². The van der Waals surface area contributed by atoms with Crippen molar-refractivity contribution in [2.75, 3.05) is 6.61 Å². The van der Waals surface area contributed by atoms with E-state index < -0.39 is 22.7 Å². The standard InChI is InChI=1S/C24H35N3O5S/c1-21-6-3-17-18(24(21,31)9-5-16(21)14-10-19(29)32-12-14)4-8-23(30)11-15(28)2-7-22(17,23)13-26-27-20(25)33/h10,13,15-18,28,30-31H,2-9,11-12H2,1H3,(H3,25,27,33)/b26-13+/t15-,16+,17-,18+,21+,22-,23-,24-/m0/s1. The quantitative estimate of drug-likeness (QED) is 0.179. The molecule has 1 heterocycles. The SMILES string of the molecule is C[C@]12CC[C@H]3[C@@H](CC[C@]4(O)C[C@@H](O)CC[C@]34/C=N/NC(N)=S)[C@@]1(O)CC[C@@H]2C1=CC(=O)OC1. The third kappa shape index (κ3) is 3.22. The molecule has 1 aliphatic heterocycles. The fourth-order valence-electron chi connectivity index (χ4n) is 8.57. The summed E-state index contributed by atoms with van der Waals surface area (Å²) in [5.41, 5.74) is 6.20. The molecule has 33 heavy (non-hydrogen) atoms. The first-order valence-electron chi connectivity index (χ1n) is 12.1. The molecule has 5 rings (SSSR count). The smallest absolute Gasteiger partial charge is 0.331 e. The fraction of sp³-hybridized carbons (Fsp3) is 0.792. The van der Waals surface area contributed by atoms with Gasteiger partial charge in [0.05, 0.1) is 17.3 Å². The Bertz CT molecular complexity index is 926. The number of aliphatic hydroxyl groups is 3. The van der Waals surface area contributed by atoms with E-state index >= 15 is 0 Å². The van der Waals surface area contributed by atoms with Gasteiger partial charge in [-0.15, -0.1) is 0 Å². The molecule has 0 radical (unpaired) electrons. The van der Waals surface area contributed by atoms with Gasteiger partial charge in [-0.3, -0.25) is 5.43 Å². The normalized spacial score (nSPS) is 49.1. The number of fused-ring (bicyclic) bond motifs is 5. The molecule has 5 aliphatic rings. The summed E-state index contributed by atoms with van der Waals surface area (Å²) in [5.74, 6) is -0.161. The number of carbonyl (C=O) groups excluding carboxylic acids is 1. The molecule has 0 amide bonds. The van der Waals surface area contributed by atoms with Gasteiger partial charge in [-0.05, 0) is 86.9 Å². The fourth-order valence-corrected chi connectivity index (χ4v) is 8.62. The molecule has 8 atom stereocenters. The molecule has 0 aromatic rings. The van der Waals surface area contributed by atoms with Gasteiger partial charge in [0.15, 0.2) is 5.11 Å². The molecule has 182 valence electrons. The minimum atomic E-state index is -1.09. The van der Waals surface area contributed by atoms with Crippen LogP contribution in [0.1, 0.15) is 64.7 Å². The number of cyclic esters (lactones) is 1. The molecular weight excluding hydrogens is 442 g/mol. The molecule has 8 nitrogen and oxygen atoms in total. The summed E-state index contributed by atoms with van der Waals surface area (Å²) >= 11 is 4.91. The Hall–Kier alpha value is -1.55. The van der Waals surface area contributed by atoms with Crippen LogP contribution in [0, 0.1) is 28.6 Å². The molecule has 0 spiro atoms. The summed E-state index contributed by atoms with van der Waals surface area (Å²) in [6.07, 6.45) is 8.63. The number of nitrogens with two attached hydrogens (primary N) is 1. The Morgan fingerprint density at radius 1 is 1.21 bits per heavy atom. The van der Waals surface area contributed by atoms with Crippen LogP contribution >= 0.6 is 12.2 Å². The second-order valence-corrected chi connectivity index (χ2v) is 11.7. The van der Waals surface area contributed by atoms with Crippen LogP contribution in [-0.2, 0) is 9.53 Å². The maximum atomic E-state index is 12.3. The van der Waals surface area contributed by atoms with Gasteiger partial charge < -0.3 is 25.8 Å². The lowest BCUT2D eigenvalue weighted by molar-refractivity contribution is -0.237. The van der Waals surface area contributed by atoms with Gasteiger partial charge in [0.1, 0.15) is 6.61 Å². The Morgan fingerprint density at radius 2 is 1.97 bits per heavy atom. The van der Waals surface area contributed by atoms with E-state index in [-0.39, 0.29) is 34.3 Å². The van der Waals surface area contributed by atoms with Crippen LogP contribution in [0.25, 0.3) is 0 Å². The highest BCUT2D eigenvalue weighted by Crippen LogP contribution is 2.70. The number of esters is 1. The maximum Gasteiger partial charge on any atom is 0.331 e. The van der Waals surface area contributed by atoms with Gasteiger partial charge in [0, 0.05) is 29.5 Å². The molecule has 0 aromatic heterocycles. The number of hydrogen-bond acceptors (Lipinski definition) is 7. The molecule has 0 saturated heterocycles. The monoisotopic (exact) mass is 477 g/mol. The number of aliphatic hydroxyl groups excluding tert-OH is 1. The summed E-state index contributed by atoms with van der Waals surface area (Å²) in [6, 6.07) is 0. The highest BCUT2D eigenvalue weighted by molar-refractivity contribution is 7.80. The first kappa shape index (κ1) is 23.2. The Kier molecular flexibility index (Phi) is 5.44. The van der Waals surface area contributed by atoms with Gasteiger partial charge in [-0.2, -0.15) is 5.10 Å². The summed E-state index contributed by atoms with van der Waals surface area (Å²) < 4.78 is 5.20. The molecule has 0 bridgehead atoms. The zero-order valence-corrected chi connectivity index (χ0v) is 19.9. The van der Waals surface area contributed by atoms with Crippen LogP contribution in [0.2, 0.25) is 0 Å². The lowest BCUT2D eigenvalue weighted by Gasteiger charge is -2.65.